The molecule has 18 heavy (non-hydrogen) atoms. The molecule has 1 aliphatic carbocycles. The Morgan fingerprint density at radius 1 is 1.28 bits per heavy atom. The summed E-state index contributed by atoms with van der Waals surface area (Å²) in [5.74, 6) is 0.379. The van der Waals surface area contributed by atoms with E-state index in [1.807, 2.05) is 0 Å². The Hall–Kier alpha value is -1.08. The molecule has 0 heterocycles. The lowest BCUT2D eigenvalue weighted by Crippen LogP contribution is -2.42. The van der Waals surface area contributed by atoms with Crippen LogP contribution in [-0.2, 0) is 6.42 Å². The van der Waals surface area contributed by atoms with E-state index in [1.165, 1.54) is 16.7 Å². The SMILES string of the molecule is C=C1CC[C@H](O)C(C)(C)[C@@H]1Cc1ccc(C)cc1. The molecule has 0 unspecified atom stereocenters. The van der Waals surface area contributed by atoms with Crippen molar-refractivity contribution < 1.29 is 5.11 Å². The van der Waals surface area contributed by atoms with Gasteiger partial charge in [0.15, 0.2) is 0 Å². The molecule has 0 amide bonds. The highest BCUT2D eigenvalue weighted by Crippen LogP contribution is 2.44. The number of aryl methyl sites for hydroxylation is 1. The predicted molar refractivity (Wildman–Crippen MR) is 76.5 cm³/mol. The van der Waals surface area contributed by atoms with Gasteiger partial charge in [-0.15, -0.1) is 0 Å². The van der Waals surface area contributed by atoms with Crippen LogP contribution in [0.1, 0.15) is 37.8 Å². The summed E-state index contributed by atoms with van der Waals surface area (Å²) < 4.78 is 0. The fourth-order valence-corrected chi connectivity index (χ4v) is 2.99. The van der Waals surface area contributed by atoms with Crippen molar-refractivity contribution in [2.24, 2.45) is 11.3 Å². The van der Waals surface area contributed by atoms with Gasteiger partial charge < -0.3 is 5.11 Å². The van der Waals surface area contributed by atoms with Crippen LogP contribution in [0.5, 0.6) is 0 Å². The number of aliphatic hydroxyl groups excluding tert-OH is 1. The van der Waals surface area contributed by atoms with E-state index in [4.69, 9.17) is 0 Å². The summed E-state index contributed by atoms with van der Waals surface area (Å²) in [6.07, 6.45) is 2.60. The van der Waals surface area contributed by atoms with Gasteiger partial charge >= 0.3 is 0 Å². The maximum atomic E-state index is 10.2. The number of hydrogen-bond donors (Lipinski definition) is 1. The zero-order chi connectivity index (χ0) is 13.3. The topological polar surface area (TPSA) is 20.2 Å². The minimum Gasteiger partial charge on any atom is -0.393 e. The minimum atomic E-state index is -0.210. The number of rotatable bonds is 2. The van der Waals surface area contributed by atoms with Crippen LogP contribution < -0.4 is 0 Å². The van der Waals surface area contributed by atoms with Gasteiger partial charge in [-0.1, -0.05) is 55.8 Å². The molecule has 1 N–H and O–H groups in total. The van der Waals surface area contributed by atoms with Gasteiger partial charge in [-0.25, -0.2) is 0 Å². The average molecular weight is 244 g/mol. The van der Waals surface area contributed by atoms with Crippen molar-refractivity contribution in [2.45, 2.75) is 46.1 Å². The third-order valence-electron chi connectivity index (χ3n) is 4.55. The van der Waals surface area contributed by atoms with Crippen LogP contribution in [0.15, 0.2) is 36.4 Å². The van der Waals surface area contributed by atoms with Crippen molar-refractivity contribution in [1.29, 1.82) is 0 Å². The molecular weight excluding hydrogens is 220 g/mol. The molecule has 1 aromatic carbocycles. The van der Waals surface area contributed by atoms with E-state index < -0.39 is 0 Å². The zero-order valence-corrected chi connectivity index (χ0v) is 11.7. The Morgan fingerprint density at radius 2 is 1.89 bits per heavy atom. The quantitative estimate of drug-likeness (QED) is 0.782. The van der Waals surface area contributed by atoms with Crippen LogP contribution >= 0.6 is 0 Å². The Morgan fingerprint density at radius 3 is 2.50 bits per heavy atom. The normalized spacial score (nSPS) is 27.2. The lowest BCUT2D eigenvalue weighted by molar-refractivity contribution is -0.00632. The standard InChI is InChI=1S/C17H24O/c1-12-5-8-14(9-6-12)11-15-13(2)7-10-16(18)17(15,3)4/h5-6,8-9,15-16,18H,2,7,10-11H2,1,3-4H3/t15-,16+/m1/s1. The van der Waals surface area contributed by atoms with Gasteiger partial charge in [0.05, 0.1) is 6.10 Å². The highest BCUT2D eigenvalue weighted by Gasteiger charge is 2.40. The summed E-state index contributed by atoms with van der Waals surface area (Å²) in [6.45, 7) is 10.7. The van der Waals surface area contributed by atoms with Crippen LogP contribution in [0.25, 0.3) is 0 Å². The molecule has 2 rings (SSSR count). The highest BCUT2D eigenvalue weighted by molar-refractivity contribution is 5.24. The van der Waals surface area contributed by atoms with Gasteiger partial charge in [-0.2, -0.15) is 0 Å². The van der Waals surface area contributed by atoms with Crippen LogP contribution in [0.2, 0.25) is 0 Å². The number of allylic oxidation sites excluding steroid dienone is 1. The van der Waals surface area contributed by atoms with Crippen molar-refractivity contribution >= 4 is 0 Å². The fraction of sp³-hybridized carbons (Fsp3) is 0.529. The monoisotopic (exact) mass is 244 g/mol. The first-order chi connectivity index (χ1) is 8.41. The largest absolute Gasteiger partial charge is 0.393 e. The van der Waals surface area contributed by atoms with E-state index in [0.717, 1.165) is 19.3 Å². The van der Waals surface area contributed by atoms with Crippen LogP contribution in [0, 0.1) is 18.3 Å². The van der Waals surface area contributed by atoms with E-state index >= 15 is 0 Å². The third-order valence-corrected chi connectivity index (χ3v) is 4.55. The molecule has 98 valence electrons. The van der Waals surface area contributed by atoms with E-state index in [1.54, 1.807) is 0 Å². The molecule has 2 atom stereocenters. The molecule has 1 aliphatic rings. The Kier molecular flexibility index (Phi) is 3.63. The summed E-state index contributed by atoms with van der Waals surface area (Å²) in [7, 11) is 0. The molecule has 1 aromatic rings. The molecule has 0 radical (unpaired) electrons. The molecule has 0 bridgehead atoms. The molecule has 0 aliphatic heterocycles. The van der Waals surface area contributed by atoms with Crippen molar-refractivity contribution in [2.75, 3.05) is 0 Å². The van der Waals surface area contributed by atoms with Crippen LogP contribution in [0.4, 0.5) is 0 Å². The summed E-state index contributed by atoms with van der Waals surface area (Å²) >= 11 is 0. The summed E-state index contributed by atoms with van der Waals surface area (Å²) in [6, 6.07) is 8.70. The molecule has 0 aromatic heterocycles. The Balaban J connectivity index is 2.20. The van der Waals surface area contributed by atoms with E-state index in [9.17, 15) is 5.11 Å². The van der Waals surface area contributed by atoms with Gasteiger partial charge in [0, 0.05) is 0 Å². The molecular formula is C17H24O. The van der Waals surface area contributed by atoms with Crippen LogP contribution in [0.3, 0.4) is 0 Å². The second-order valence-corrected chi connectivity index (χ2v) is 6.28. The van der Waals surface area contributed by atoms with Crippen molar-refractivity contribution in [3.8, 4) is 0 Å². The molecule has 1 saturated carbocycles. The van der Waals surface area contributed by atoms with E-state index in [-0.39, 0.29) is 11.5 Å². The summed E-state index contributed by atoms with van der Waals surface area (Å²) in [5, 5.41) is 10.2. The maximum Gasteiger partial charge on any atom is 0.0600 e. The smallest absolute Gasteiger partial charge is 0.0600 e. The maximum absolute atomic E-state index is 10.2. The molecule has 1 fully saturated rings. The van der Waals surface area contributed by atoms with Gasteiger partial charge in [0.2, 0.25) is 0 Å². The number of benzene rings is 1. The van der Waals surface area contributed by atoms with Crippen LogP contribution in [-0.4, -0.2) is 11.2 Å². The lowest BCUT2D eigenvalue weighted by atomic mass is 9.63. The van der Waals surface area contributed by atoms with Crippen molar-refractivity contribution in [3.63, 3.8) is 0 Å². The Labute approximate surface area is 111 Å². The number of aliphatic hydroxyl groups is 1. The van der Waals surface area contributed by atoms with Crippen molar-refractivity contribution in [1.82, 2.24) is 0 Å². The molecule has 1 nitrogen and oxygen atoms in total. The molecule has 0 spiro atoms. The first-order valence-electron chi connectivity index (χ1n) is 6.82. The predicted octanol–water partition coefficient (Wildman–Crippen LogP) is 3.89. The van der Waals surface area contributed by atoms with Gasteiger partial charge in [0.1, 0.15) is 0 Å². The molecule has 0 saturated heterocycles. The van der Waals surface area contributed by atoms with E-state index in [0.29, 0.717) is 5.92 Å². The Bertz CT molecular complexity index is 427. The summed E-state index contributed by atoms with van der Waals surface area (Å²) in [5.41, 5.74) is 3.86. The number of hydrogen-bond acceptors (Lipinski definition) is 1. The minimum absolute atomic E-state index is 0.0692. The fourth-order valence-electron chi connectivity index (χ4n) is 2.99. The first-order valence-corrected chi connectivity index (χ1v) is 6.82. The first kappa shape index (κ1) is 13.4. The second-order valence-electron chi connectivity index (χ2n) is 6.28. The highest BCUT2D eigenvalue weighted by atomic mass is 16.3. The second kappa shape index (κ2) is 4.89. The van der Waals surface area contributed by atoms with E-state index in [2.05, 4.69) is 51.6 Å². The van der Waals surface area contributed by atoms with Gasteiger partial charge in [-0.05, 0) is 43.1 Å². The average Bonchev–Trinajstić information content (AvgIpc) is 2.32. The van der Waals surface area contributed by atoms with Gasteiger partial charge in [0.25, 0.3) is 0 Å². The molecule has 1 heteroatoms. The van der Waals surface area contributed by atoms with Crippen molar-refractivity contribution in [3.05, 3.63) is 47.5 Å². The summed E-state index contributed by atoms with van der Waals surface area (Å²) in [4.78, 5) is 0. The lowest BCUT2D eigenvalue weighted by Gasteiger charge is -2.44. The zero-order valence-electron chi connectivity index (χ0n) is 11.7. The van der Waals surface area contributed by atoms with Gasteiger partial charge in [-0.3, -0.25) is 0 Å². The third kappa shape index (κ3) is 2.51.